The van der Waals surface area contributed by atoms with Gasteiger partial charge in [0, 0.05) is 25.2 Å². The number of aliphatic imine (C=N–C) groups is 1. The maximum absolute atomic E-state index is 12.7. The zero-order chi connectivity index (χ0) is 20.7. The van der Waals surface area contributed by atoms with E-state index < -0.39 is 11.7 Å². The fourth-order valence-electron chi connectivity index (χ4n) is 3.05. The first-order chi connectivity index (χ1) is 13.3. The summed E-state index contributed by atoms with van der Waals surface area (Å²) in [5, 5.41) is 3.16. The van der Waals surface area contributed by atoms with E-state index in [1.807, 2.05) is 18.7 Å². The number of hydrogen-bond donors (Lipinski definition) is 1. The van der Waals surface area contributed by atoms with Gasteiger partial charge in [-0.25, -0.2) is 4.99 Å². The minimum absolute atomic E-state index is 0.131. The molecule has 0 aliphatic carbocycles. The van der Waals surface area contributed by atoms with Crippen molar-refractivity contribution in [3.8, 4) is 11.8 Å². The summed E-state index contributed by atoms with van der Waals surface area (Å²) >= 11 is 0. The highest BCUT2D eigenvalue weighted by Crippen LogP contribution is 2.29. The first-order valence-electron chi connectivity index (χ1n) is 9.03. The van der Waals surface area contributed by atoms with Gasteiger partial charge in [0.15, 0.2) is 5.96 Å². The molecule has 2 unspecified atom stereocenters. The molecule has 2 atom stereocenters. The summed E-state index contributed by atoms with van der Waals surface area (Å²) in [5.41, 5.74) is -0.438. The van der Waals surface area contributed by atoms with Gasteiger partial charge in [-0.15, -0.1) is 0 Å². The number of rotatable bonds is 3. The number of methoxy groups -OCH3 is 1. The fourth-order valence-corrected chi connectivity index (χ4v) is 3.05. The van der Waals surface area contributed by atoms with Gasteiger partial charge in [-0.05, 0) is 31.0 Å². The molecule has 1 aromatic rings. The lowest BCUT2D eigenvalue weighted by atomic mass is 9.99. The summed E-state index contributed by atoms with van der Waals surface area (Å²) in [6.45, 7) is 5.85. The number of carbonyl (C=O) groups is 1. The summed E-state index contributed by atoms with van der Waals surface area (Å²) < 4.78 is 43.1. The number of alkyl halides is 3. The molecule has 0 bridgehead atoms. The van der Waals surface area contributed by atoms with Crippen LogP contribution in [0.3, 0.4) is 0 Å². The first-order valence-corrected chi connectivity index (χ1v) is 9.03. The second-order valence-corrected chi connectivity index (χ2v) is 6.56. The lowest BCUT2D eigenvalue weighted by Crippen LogP contribution is -2.40. The zero-order valence-corrected chi connectivity index (χ0v) is 16.1. The van der Waals surface area contributed by atoms with Gasteiger partial charge in [0.05, 0.1) is 18.6 Å². The minimum Gasteiger partial charge on any atom is -0.469 e. The van der Waals surface area contributed by atoms with E-state index in [1.165, 1.54) is 19.2 Å². The second kappa shape index (κ2) is 9.49. The Morgan fingerprint density at radius 1 is 1.39 bits per heavy atom. The molecule has 1 N–H and O–H groups in total. The molecule has 0 radical (unpaired) electrons. The van der Waals surface area contributed by atoms with Crippen molar-refractivity contribution >= 4 is 11.9 Å². The Balaban J connectivity index is 2.07. The molecular weight excluding hydrogens is 371 g/mol. The van der Waals surface area contributed by atoms with Crippen molar-refractivity contribution in [3.05, 3.63) is 35.4 Å². The summed E-state index contributed by atoms with van der Waals surface area (Å²) in [7, 11) is 1.38. The third-order valence-electron chi connectivity index (χ3n) is 4.48. The van der Waals surface area contributed by atoms with E-state index in [0.717, 1.165) is 12.1 Å². The zero-order valence-electron chi connectivity index (χ0n) is 16.1. The third kappa shape index (κ3) is 5.65. The monoisotopic (exact) mass is 395 g/mol. The first kappa shape index (κ1) is 21.6. The van der Waals surface area contributed by atoms with Crippen molar-refractivity contribution in [2.45, 2.75) is 20.0 Å². The maximum Gasteiger partial charge on any atom is 0.416 e. The lowest BCUT2D eigenvalue weighted by molar-refractivity contribution is -0.146. The molecule has 152 valence electrons. The van der Waals surface area contributed by atoms with Crippen molar-refractivity contribution in [2.24, 2.45) is 16.8 Å². The lowest BCUT2D eigenvalue weighted by Gasteiger charge is -2.21. The van der Waals surface area contributed by atoms with Crippen molar-refractivity contribution in [1.82, 2.24) is 10.2 Å². The molecule has 1 fully saturated rings. The van der Waals surface area contributed by atoms with Crippen LogP contribution in [-0.4, -0.2) is 50.1 Å². The quantitative estimate of drug-likeness (QED) is 0.370. The van der Waals surface area contributed by atoms with Crippen LogP contribution >= 0.6 is 0 Å². The van der Waals surface area contributed by atoms with Crippen LogP contribution in [0.2, 0.25) is 0 Å². The van der Waals surface area contributed by atoms with E-state index in [2.05, 4.69) is 22.2 Å². The normalized spacial score (nSPS) is 19.8. The Kier molecular flexibility index (Phi) is 7.32. The summed E-state index contributed by atoms with van der Waals surface area (Å²) in [5.74, 6) is 5.80. The average molecular weight is 395 g/mol. The van der Waals surface area contributed by atoms with Gasteiger partial charge in [0.1, 0.15) is 6.54 Å². The van der Waals surface area contributed by atoms with Crippen molar-refractivity contribution in [2.75, 3.05) is 33.3 Å². The standard InChI is InChI=1S/C20H24F3N3O2/c1-4-24-19(26-12-14(2)17(13-26)18(27)28-3)25-10-6-8-15-7-5-9-16(11-15)20(21,22)23/h5,7,9,11,14,17H,4,10,12-13H2,1-3H3,(H,24,25). The molecule has 2 rings (SSSR count). The van der Waals surface area contributed by atoms with Crippen LogP contribution in [0.5, 0.6) is 0 Å². The van der Waals surface area contributed by atoms with Gasteiger partial charge < -0.3 is 15.0 Å². The Labute approximate surface area is 163 Å². The van der Waals surface area contributed by atoms with E-state index in [-0.39, 0.29) is 29.9 Å². The molecule has 0 amide bonds. The topological polar surface area (TPSA) is 53.9 Å². The molecule has 0 aromatic heterocycles. The molecule has 0 saturated carbocycles. The van der Waals surface area contributed by atoms with E-state index in [1.54, 1.807) is 0 Å². The average Bonchev–Trinajstić information content (AvgIpc) is 3.04. The number of guanidine groups is 1. The second-order valence-electron chi connectivity index (χ2n) is 6.56. The smallest absolute Gasteiger partial charge is 0.416 e. The van der Waals surface area contributed by atoms with Crippen LogP contribution in [0.4, 0.5) is 13.2 Å². The Morgan fingerprint density at radius 2 is 2.14 bits per heavy atom. The van der Waals surface area contributed by atoms with Gasteiger partial charge in [0.2, 0.25) is 0 Å². The molecule has 1 aliphatic rings. The van der Waals surface area contributed by atoms with Crippen molar-refractivity contribution in [3.63, 3.8) is 0 Å². The van der Waals surface area contributed by atoms with E-state index >= 15 is 0 Å². The van der Waals surface area contributed by atoms with Gasteiger partial charge in [-0.3, -0.25) is 4.79 Å². The van der Waals surface area contributed by atoms with Crippen LogP contribution in [-0.2, 0) is 15.7 Å². The van der Waals surface area contributed by atoms with E-state index in [4.69, 9.17) is 4.74 Å². The third-order valence-corrected chi connectivity index (χ3v) is 4.48. The number of ether oxygens (including phenoxy) is 1. The summed E-state index contributed by atoms with van der Waals surface area (Å²) in [6, 6.07) is 4.89. The van der Waals surface area contributed by atoms with Crippen LogP contribution in [0, 0.1) is 23.7 Å². The highest BCUT2D eigenvalue weighted by molar-refractivity contribution is 5.82. The molecular formula is C20H24F3N3O2. The molecule has 1 saturated heterocycles. The maximum atomic E-state index is 12.7. The fraction of sp³-hybridized carbons (Fsp3) is 0.500. The minimum atomic E-state index is -4.39. The Morgan fingerprint density at radius 3 is 2.79 bits per heavy atom. The number of benzene rings is 1. The van der Waals surface area contributed by atoms with Crippen LogP contribution in [0.25, 0.3) is 0 Å². The molecule has 0 spiro atoms. The number of esters is 1. The number of hydrogen-bond acceptors (Lipinski definition) is 3. The van der Waals surface area contributed by atoms with Crippen molar-refractivity contribution in [1.29, 1.82) is 0 Å². The predicted octanol–water partition coefficient (Wildman–Crippen LogP) is 2.76. The number of halogens is 3. The van der Waals surface area contributed by atoms with Gasteiger partial charge in [-0.2, -0.15) is 13.2 Å². The largest absolute Gasteiger partial charge is 0.469 e. The number of nitrogens with one attached hydrogen (secondary N) is 1. The van der Waals surface area contributed by atoms with Crippen molar-refractivity contribution < 1.29 is 22.7 Å². The molecule has 1 aliphatic heterocycles. The molecule has 5 nitrogen and oxygen atoms in total. The predicted molar refractivity (Wildman–Crippen MR) is 101 cm³/mol. The van der Waals surface area contributed by atoms with Crippen LogP contribution in [0.1, 0.15) is 25.0 Å². The molecule has 1 aromatic carbocycles. The number of likely N-dealkylation sites (tertiary alicyclic amines) is 1. The SMILES string of the molecule is CCNC(=NCC#Cc1cccc(C(F)(F)F)c1)N1CC(C)C(C(=O)OC)C1. The number of carbonyl (C=O) groups excluding carboxylic acids is 1. The highest BCUT2D eigenvalue weighted by atomic mass is 19.4. The summed E-state index contributed by atoms with van der Waals surface area (Å²) in [4.78, 5) is 18.2. The van der Waals surface area contributed by atoms with Crippen LogP contribution < -0.4 is 5.32 Å². The van der Waals surface area contributed by atoms with E-state index in [9.17, 15) is 18.0 Å². The Hall–Kier alpha value is -2.69. The highest BCUT2D eigenvalue weighted by Gasteiger charge is 2.36. The summed E-state index contributed by atoms with van der Waals surface area (Å²) in [6.07, 6.45) is -4.39. The Bertz CT molecular complexity index is 781. The number of nitrogens with zero attached hydrogens (tertiary/aromatic N) is 2. The van der Waals surface area contributed by atoms with Gasteiger partial charge in [0.25, 0.3) is 0 Å². The van der Waals surface area contributed by atoms with Crippen LogP contribution in [0.15, 0.2) is 29.3 Å². The molecule has 1 heterocycles. The molecule has 8 heteroatoms. The molecule has 28 heavy (non-hydrogen) atoms. The van der Waals surface area contributed by atoms with Gasteiger partial charge >= 0.3 is 12.1 Å². The van der Waals surface area contributed by atoms with Gasteiger partial charge in [-0.1, -0.05) is 24.8 Å². The van der Waals surface area contributed by atoms with E-state index in [0.29, 0.717) is 25.6 Å².